The SMILES string of the molecule is Cn1c(SCc2cccnc2)nnc1-c1ccccc1F. The van der Waals surface area contributed by atoms with Gasteiger partial charge in [-0.2, -0.15) is 0 Å². The molecule has 3 aromatic rings. The monoisotopic (exact) mass is 300 g/mol. The molecule has 2 aromatic heterocycles. The van der Waals surface area contributed by atoms with Crippen molar-refractivity contribution in [2.45, 2.75) is 10.9 Å². The number of nitrogens with zero attached hydrogens (tertiary/aromatic N) is 4. The molecule has 0 aliphatic carbocycles. The zero-order chi connectivity index (χ0) is 14.7. The molecule has 3 rings (SSSR count). The van der Waals surface area contributed by atoms with Crippen molar-refractivity contribution in [1.29, 1.82) is 0 Å². The highest BCUT2D eigenvalue weighted by Gasteiger charge is 2.14. The van der Waals surface area contributed by atoms with Crippen LogP contribution in [0.2, 0.25) is 0 Å². The molecule has 0 saturated carbocycles. The maximum absolute atomic E-state index is 13.8. The summed E-state index contributed by atoms with van der Waals surface area (Å²) in [4.78, 5) is 4.08. The lowest BCUT2D eigenvalue weighted by Crippen LogP contribution is -1.96. The first kappa shape index (κ1) is 13.8. The molecule has 0 radical (unpaired) electrons. The van der Waals surface area contributed by atoms with Gasteiger partial charge >= 0.3 is 0 Å². The van der Waals surface area contributed by atoms with E-state index in [-0.39, 0.29) is 5.82 Å². The van der Waals surface area contributed by atoms with Crippen LogP contribution in [-0.4, -0.2) is 19.7 Å². The molecular weight excluding hydrogens is 287 g/mol. The zero-order valence-corrected chi connectivity index (χ0v) is 12.2. The van der Waals surface area contributed by atoms with Gasteiger partial charge in [-0.25, -0.2) is 4.39 Å². The molecule has 2 heterocycles. The molecule has 0 aliphatic heterocycles. The standard InChI is InChI=1S/C15H13FN4S/c1-20-14(12-6-2-3-7-13(12)16)18-19-15(20)21-10-11-5-4-8-17-9-11/h2-9H,10H2,1H3. The summed E-state index contributed by atoms with van der Waals surface area (Å²) in [6, 6.07) is 10.5. The van der Waals surface area contributed by atoms with E-state index in [1.165, 1.54) is 6.07 Å². The number of aromatic nitrogens is 4. The second-order valence-corrected chi connectivity index (χ2v) is 5.44. The highest BCUT2D eigenvalue weighted by molar-refractivity contribution is 7.98. The lowest BCUT2D eigenvalue weighted by Gasteiger charge is -2.04. The summed E-state index contributed by atoms with van der Waals surface area (Å²) < 4.78 is 15.6. The molecule has 0 saturated heterocycles. The number of hydrogen-bond acceptors (Lipinski definition) is 4. The fraction of sp³-hybridized carbons (Fsp3) is 0.133. The smallest absolute Gasteiger partial charge is 0.191 e. The van der Waals surface area contributed by atoms with E-state index in [0.29, 0.717) is 11.4 Å². The molecule has 0 bridgehead atoms. The van der Waals surface area contributed by atoms with Crippen molar-refractivity contribution >= 4 is 11.8 Å². The maximum atomic E-state index is 13.8. The first-order chi connectivity index (χ1) is 10.3. The number of hydrogen-bond donors (Lipinski definition) is 0. The average molecular weight is 300 g/mol. The second-order valence-electron chi connectivity index (χ2n) is 4.49. The third kappa shape index (κ3) is 2.95. The Morgan fingerprint density at radius 1 is 1.14 bits per heavy atom. The van der Waals surface area contributed by atoms with Crippen molar-refractivity contribution in [1.82, 2.24) is 19.7 Å². The van der Waals surface area contributed by atoms with E-state index in [1.807, 2.05) is 25.4 Å². The van der Waals surface area contributed by atoms with Crippen LogP contribution in [0.25, 0.3) is 11.4 Å². The first-order valence-electron chi connectivity index (χ1n) is 6.41. The molecule has 0 atom stereocenters. The van der Waals surface area contributed by atoms with Crippen molar-refractivity contribution in [2.24, 2.45) is 7.05 Å². The van der Waals surface area contributed by atoms with Crippen molar-refractivity contribution < 1.29 is 4.39 Å². The molecule has 106 valence electrons. The fourth-order valence-electron chi connectivity index (χ4n) is 1.95. The normalized spacial score (nSPS) is 10.8. The van der Waals surface area contributed by atoms with Crippen LogP contribution in [0.5, 0.6) is 0 Å². The molecule has 0 aliphatic rings. The Kier molecular flexibility index (Phi) is 3.96. The molecule has 0 spiro atoms. The van der Waals surface area contributed by atoms with Gasteiger partial charge in [0.05, 0.1) is 5.56 Å². The molecule has 0 unspecified atom stereocenters. The zero-order valence-electron chi connectivity index (χ0n) is 11.4. The minimum atomic E-state index is -0.295. The Morgan fingerprint density at radius 2 is 2.00 bits per heavy atom. The average Bonchev–Trinajstić information content (AvgIpc) is 2.88. The summed E-state index contributed by atoms with van der Waals surface area (Å²) in [7, 11) is 1.84. The van der Waals surface area contributed by atoms with Gasteiger partial charge in [-0.05, 0) is 23.8 Å². The number of benzene rings is 1. The fourth-order valence-corrected chi connectivity index (χ4v) is 2.79. The quantitative estimate of drug-likeness (QED) is 0.693. The third-order valence-electron chi connectivity index (χ3n) is 3.04. The van der Waals surface area contributed by atoms with E-state index < -0.39 is 0 Å². The predicted octanol–water partition coefficient (Wildman–Crippen LogP) is 3.31. The highest BCUT2D eigenvalue weighted by Crippen LogP contribution is 2.26. The lowest BCUT2D eigenvalue weighted by molar-refractivity contribution is 0.628. The molecule has 0 fully saturated rings. The van der Waals surface area contributed by atoms with Crippen LogP contribution >= 0.6 is 11.8 Å². The summed E-state index contributed by atoms with van der Waals surface area (Å²) >= 11 is 1.55. The van der Waals surface area contributed by atoms with Crippen LogP contribution in [0.15, 0.2) is 53.9 Å². The van der Waals surface area contributed by atoms with Crippen LogP contribution in [-0.2, 0) is 12.8 Å². The van der Waals surface area contributed by atoms with Crippen LogP contribution in [0.1, 0.15) is 5.56 Å². The molecule has 0 N–H and O–H groups in total. The minimum Gasteiger partial charge on any atom is -0.305 e. The topological polar surface area (TPSA) is 43.6 Å². The molecule has 4 nitrogen and oxygen atoms in total. The summed E-state index contributed by atoms with van der Waals surface area (Å²) in [6.07, 6.45) is 3.56. The van der Waals surface area contributed by atoms with Crippen LogP contribution in [0.4, 0.5) is 4.39 Å². The maximum Gasteiger partial charge on any atom is 0.191 e. The van der Waals surface area contributed by atoms with Crippen molar-refractivity contribution in [3.05, 3.63) is 60.2 Å². The predicted molar refractivity (Wildman–Crippen MR) is 80.2 cm³/mol. The molecule has 21 heavy (non-hydrogen) atoms. The van der Waals surface area contributed by atoms with Gasteiger partial charge in [0, 0.05) is 25.2 Å². The Labute approximate surface area is 126 Å². The molecule has 6 heteroatoms. The van der Waals surface area contributed by atoms with E-state index in [4.69, 9.17) is 0 Å². The summed E-state index contributed by atoms with van der Waals surface area (Å²) in [5, 5.41) is 8.98. The number of pyridine rings is 1. The van der Waals surface area contributed by atoms with Gasteiger partial charge in [0.15, 0.2) is 11.0 Å². The van der Waals surface area contributed by atoms with Gasteiger partial charge in [0.25, 0.3) is 0 Å². The Balaban J connectivity index is 1.82. The largest absolute Gasteiger partial charge is 0.305 e. The minimum absolute atomic E-state index is 0.295. The van der Waals surface area contributed by atoms with E-state index in [1.54, 1.807) is 40.7 Å². The van der Waals surface area contributed by atoms with Crippen molar-refractivity contribution in [2.75, 3.05) is 0 Å². The Hall–Kier alpha value is -2.21. The van der Waals surface area contributed by atoms with Gasteiger partial charge < -0.3 is 4.57 Å². The van der Waals surface area contributed by atoms with E-state index in [2.05, 4.69) is 15.2 Å². The summed E-state index contributed by atoms with van der Waals surface area (Å²) in [6.45, 7) is 0. The molecular formula is C15H13FN4S. The van der Waals surface area contributed by atoms with E-state index in [0.717, 1.165) is 16.5 Å². The lowest BCUT2D eigenvalue weighted by atomic mass is 10.2. The van der Waals surface area contributed by atoms with Gasteiger partial charge in [-0.1, -0.05) is 30.0 Å². The van der Waals surface area contributed by atoms with Crippen molar-refractivity contribution in [3.8, 4) is 11.4 Å². The van der Waals surface area contributed by atoms with E-state index in [9.17, 15) is 4.39 Å². The van der Waals surface area contributed by atoms with Gasteiger partial charge in [-0.3, -0.25) is 4.98 Å². The van der Waals surface area contributed by atoms with Gasteiger partial charge in [0.1, 0.15) is 5.82 Å². The number of thioether (sulfide) groups is 1. The first-order valence-corrected chi connectivity index (χ1v) is 7.40. The van der Waals surface area contributed by atoms with Gasteiger partial charge in [0.2, 0.25) is 0 Å². The highest BCUT2D eigenvalue weighted by atomic mass is 32.2. The van der Waals surface area contributed by atoms with Crippen LogP contribution in [0, 0.1) is 5.82 Å². The Morgan fingerprint density at radius 3 is 2.76 bits per heavy atom. The molecule has 0 amide bonds. The van der Waals surface area contributed by atoms with Crippen LogP contribution < -0.4 is 0 Å². The summed E-state index contributed by atoms with van der Waals surface area (Å²) in [5.74, 6) is 0.982. The summed E-state index contributed by atoms with van der Waals surface area (Å²) in [5.41, 5.74) is 1.57. The Bertz CT molecular complexity index is 742. The molecule has 1 aromatic carbocycles. The number of rotatable bonds is 4. The third-order valence-corrected chi connectivity index (χ3v) is 4.13. The second kappa shape index (κ2) is 6.05. The van der Waals surface area contributed by atoms with Gasteiger partial charge in [-0.15, -0.1) is 10.2 Å². The van der Waals surface area contributed by atoms with Crippen LogP contribution in [0.3, 0.4) is 0 Å². The van der Waals surface area contributed by atoms with E-state index >= 15 is 0 Å². The number of halogens is 1. The van der Waals surface area contributed by atoms with Crippen molar-refractivity contribution in [3.63, 3.8) is 0 Å².